The molecule has 0 heterocycles. The Balaban J connectivity index is 2.29. The van der Waals surface area contributed by atoms with Crippen molar-refractivity contribution in [1.29, 1.82) is 5.26 Å². The van der Waals surface area contributed by atoms with E-state index < -0.39 is 5.91 Å². The zero-order valence-electron chi connectivity index (χ0n) is 13.1. The molecule has 2 rings (SSSR count). The second-order valence-electron chi connectivity index (χ2n) is 4.96. The first-order valence-electron chi connectivity index (χ1n) is 7.01. The molecule has 122 valence electrons. The summed E-state index contributed by atoms with van der Waals surface area (Å²) in [7, 11) is 1.48. The molecule has 0 fully saturated rings. The number of phenolic OH excluding ortho intramolecular Hbond substituents is 1. The van der Waals surface area contributed by atoms with Crippen LogP contribution < -0.4 is 10.1 Å². The van der Waals surface area contributed by atoms with Crippen LogP contribution in [0.1, 0.15) is 11.1 Å². The van der Waals surface area contributed by atoms with Gasteiger partial charge in [-0.1, -0.05) is 17.7 Å². The molecule has 0 saturated carbocycles. The minimum Gasteiger partial charge on any atom is -0.507 e. The number of nitrogens with zero attached hydrogens (tertiary/aromatic N) is 1. The first kappa shape index (κ1) is 17.4. The maximum atomic E-state index is 12.3. The average molecular weight is 343 g/mol. The summed E-state index contributed by atoms with van der Waals surface area (Å²) >= 11 is 6.01. The number of halogens is 1. The third-order valence-electron chi connectivity index (χ3n) is 3.42. The molecule has 0 aromatic heterocycles. The molecule has 0 unspecified atom stereocenters. The number of carbonyl (C=O) groups excluding carboxylic acids is 1. The number of ether oxygens (including phenoxy) is 1. The zero-order valence-corrected chi connectivity index (χ0v) is 13.9. The van der Waals surface area contributed by atoms with Gasteiger partial charge in [0.15, 0.2) is 0 Å². The van der Waals surface area contributed by atoms with E-state index in [0.29, 0.717) is 27.6 Å². The zero-order chi connectivity index (χ0) is 17.7. The van der Waals surface area contributed by atoms with Crippen LogP contribution in [0.4, 0.5) is 5.69 Å². The van der Waals surface area contributed by atoms with E-state index in [1.807, 2.05) is 6.07 Å². The molecule has 5 nitrogen and oxygen atoms in total. The van der Waals surface area contributed by atoms with E-state index in [4.69, 9.17) is 16.3 Å². The first-order chi connectivity index (χ1) is 11.5. The van der Waals surface area contributed by atoms with Crippen molar-refractivity contribution in [2.45, 2.75) is 6.92 Å². The molecular weight excluding hydrogens is 328 g/mol. The van der Waals surface area contributed by atoms with Crippen molar-refractivity contribution in [3.63, 3.8) is 0 Å². The smallest absolute Gasteiger partial charge is 0.266 e. The van der Waals surface area contributed by atoms with Crippen molar-refractivity contribution >= 4 is 29.3 Å². The van der Waals surface area contributed by atoms with E-state index in [1.165, 1.54) is 19.3 Å². The molecule has 0 aliphatic carbocycles. The highest BCUT2D eigenvalue weighted by atomic mass is 35.5. The maximum absolute atomic E-state index is 12.3. The minimum absolute atomic E-state index is 0.0890. The second-order valence-corrected chi connectivity index (χ2v) is 5.37. The summed E-state index contributed by atoms with van der Waals surface area (Å²) in [4.78, 5) is 12.3. The molecule has 0 aliphatic rings. The van der Waals surface area contributed by atoms with Crippen molar-refractivity contribution in [2.24, 2.45) is 0 Å². The van der Waals surface area contributed by atoms with Gasteiger partial charge in [0.1, 0.15) is 23.1 Å². The number of nitriles is 1. The number of anilines is 1. The monoisotopic (exact) mass is 342 g/mol. The van der Waals surface area contributed by atoms with Gasteiger partial charge in [-0.3, -0.25) is 4.79 Å². The number of rotatable bonds is 4. The topological polar surface area (TPSA) is 82.3 Å². The maximum Gasteiger partial charge on any atom is 0.266 e. The van der Waals surface area contributed by atoms with E-state index in [-0.39, 0.29) is 11.3 Å². The minimum atomic E-state index is -0.585. The van der Waals surface area contributed by atoms with Crippen molar-refractivity contribution < 1.29 is 14.6 Å². The molecule has 0 radical (unpaired) electrons. The molecule has 2 aromatic carbocycles. The van der Waals surface area contributed by atoms with Crippen molar-refractivity contribution in [3.05, 3.63) is 58.1 Å². The first-order valence-corrected chi connectivity index (χ1v) is 7.39. The van der Waals surface area contributed by atoms with Crippen molar-refractivity contribution in [3.8, 4) is 17.6 Å². The van der Waals surface area contributed by atoms with E-state index in [0.717, 1.165) is 0 Å². The Kier molecular flexibility index (Phi) is 5.46. The lowest BCUT2D eigenvalue weighted by atomic mass is 10.1. The Morgan fingerprint density at radius 1 is 1.38 bits per heavy atom. The van der Waals surface area contributed by atoms with Crippen LogP contribution in [-0.2, 0) is 4.79 Å². The quantitative estimate of drug-likeness (QED) is 0.652. The van der Waals surface area contributed by atoms with Crippen LogP contribution in [-0.4, -0.2) is 18.1 Å². The highest BCUT2D eigenvalue weighted by Crippen LogP contribution is 2.26. The standard InChI is InChI=1S/C18H15ClN2O3/c1-11-15(19)4-3-5-16(11)21-18(23)13(10-20)8-12-6-7-14(24-2)9-17(12)22/h3-9,22H,1-2H3,(H,21,23)/b13-8+. The second kappa shape index (κ2) is 7.53. The van der Waals surface area contributed by atoms with Gasteiger partial charge >= 0.3 is 0 Å². The largest absolute Gasteiger partial charge is 0.507 e. The summed E-state index contributed by atoms with van der Waals surface area (Å²) in [6.07, 6.45) is 1.31. The fraction of sp³-hybridized carbons (Fsp3) is 0.111. The number of phenols is 1. The number of hydrogen-bond donors (Lipinski definition) is 2. The van der Waals surface area contributed by atoms with Gasteiger partial charge in [-0.2, -0.15) is 5.26 Å². The number of carbonyl (C=O) groups is 1. The number of benzene rings is 2. The van der Waals surface area contributed by atoms with Crippen LogP contribution in [0.2, 0.25) is 5.02 Å². The third-order valence-corrected chi connectivity index (χ3v) is 3.83. The lowest BCUT2D eigenvalue weighted by molar-refractivity contribution is -0.112. The predicted octanol–water partition coefficient (Wildman–Crippen LogP) is 3.91. The molecule has 0 atom stereocenters. The number of nitrogens with one attached hydrogen (secondary N) is 1. The highest BCUT2D eigenvalue weighted by Gasteiger charge is 2.13. The lowest BCUT2D eigenvalue weighted by Crippen LogP contribution is -2.14. The Hall–Kier alpha value is -2.97. The van der Waals surface area contributed by atoms with Gasteiger partial charge < -0.3 is 15.2 Å². The molecular formula is C18H15ClN2O3. The van der Waals surface area contributed by atoms with Gasteiger partial charge in [-0.05, 0) is 42.8 Å². The fourth-order valence-electron chi connectivity index (χ4n) is 2.01. The molecule has 2 aromatic rings. The summed E-state index contributed by atoms with van der Waals surface area (Å²) in [5.74, 6) is -0.200. The molecule has 6 heteroatoms. The van der Waals surface area contributed by atoms with E-state index in [1.54, 1.807) is 37.3 Å². The van der Waals surface area contributed by atoms with Gasteiger partial charge in [-0.15, -0.1) is 0 Å². The molecule has 0 bridgehead atoms. The molecule has 24 heavy (non-hydrogen) atoms. The van der Waals surface area contributed by atoms with Gasteiger partial charge in [0.05, 0.1) is 7.11 Å². The highest BCUT2D eigenvalue weighted by molar-refractivity contribution is 6.31. The van der Waals surface area contributed by atoms with Crippen LogP contribution >= 0.6 is 11.6 Å². The number of amides is 1. The number of hydrogen-bond acceptors (Lipinski definition) is 4. The molecule has 0 aliphatic heterocycles. The Morgan fingerprint density at radius 2 is 2.12 bits per heavy atom. The molecule has 2 N–H and O–H groups in total. The van der Waals surface area contributed by atoms with Gasteiger partial charge in [0.25, 0.3) is 5.91 Å². The van der Waals surface area contributed by atoms with Crippen LogP contribution in [0.15, 0.2) is 42.0 Å². The molecule has 0 saturated heterocycles. The summed E-state index contributed by atoms with van der Waals surface area (Å²) in [6, 6.07) is 11.5. The van der Waals surface area contributed by atoms with Crippen LogP contribution in [0, 0.1) is 18.3 Å². The van der Waals surface area contributed by atoms with E-state index in [2.05, 4.69) is 5.32 Å². The average Bonchev–Trinajstić information content (AvgIpc) is 2.57. The van der Waals surface area contributed by atoms with Crippen LogP contribution in [0.25, 0.3) is 6.08 Å². The van der Waals surface area contributed by atoms with Crippen LogP contribution in [0.3, 0.4) is 0 Å². The Morgan fingerprint density at radius 3 is 2.75 bits per heavy atom. The van der Waals surface area contributed by atoms with Gasteiger partial charge in [-0.25, -0.2) is 0 Å². The SMILES string of the molecule is COc1ccc(/C=C(\C#N)C(=O)Nc2cccc(Cl)c2C)c(O)c1. The fourth-order valence-corrected chi connectivity index (χ4v) is 2.18. The normalized spacial score (nSPS) is 10.8. The molecule has 1 amide bonds. The third kappa shape index (κ3) is 3.86. The Labute approximate surface area is 144 Å². The summed E-state index contributed by atoms with van der Waals surface area (Å²) in [5, 5.41) is 22.3. The summed E-state index contributed by atoms with van der Waals surface area (Å²) in [5.41, 5.74) is 1.42. The van der Waals surface area contributed by atoms with Gasteiger partial charge in [0, 0.05) is 22.3 Å². The molecule has 0 spiro atoms. The Bertz CT molecular complexity index is 854. The van der Waals surface area contributed by atoms with E-state index >= 15 is 0 Å². The predicted molar refractivity (Wildman–Crippen MR) is 93.1 cm³/mol. The summed E-state index contributed by atoms with van der Waals surface area (Å²) in [6.45, 7) is 1.77. The van der Waals surface area contributed by atoms with Crippen molar-refractivity contribution in [2.75, 3.05) is 12.4 Å². The lowest BCUT2D eigenvalue weighted by Gasteiger charge is -2.09. The van der Waals surface area contributed by atoms with Gasteiger partial charge in [0.2, 0.25) is 0 Å². The number of aromatic hydroxyl groups is 1. The van der Waals surface area contributed by atoms with Crippen LogP contribution in [0.5, 0.6) is 11.5 Å². The van der Waals surface area contributed by atoms with Crippen molar-refractivity contribution in [1.82, 2.24) is 0 Å². The van der Waals surface area contributed by atoms with E-state index in [9.17, 15) is 15.2 Å². The summed E-state index contributed by atoms with van der Waals surface area (Å²) < 4.78 is 4.99. The number of methoxy groups -OCH3 is 1.